The molecule has 0 aliphatic carbocycles. The van der Waals surface area contributed by atoms with Crippen molar-refractivity contribution < 1.29 is 9.84 Å². The average molecular weight is 237 g/mol. The second kappa shape index (κ2) is 7.43. The van der Waals surface area contributed by atoms with Crippen LogP contribution in [0.2, 0.25) is 0 Å². The SMILES string of the molecule is CC(C)OCC(O)CN[C@H](C)c1ccccc1. The van der Waals surface area contributed by atoms with Crippen molar-refractivity contribution in [1.82, 2.24) is 5.32 Å². The molecular formula is C14H23NO2. The summed E-state index contributed by atoms with van der Waals surface area (Å²) in [5.74, 6) is 0. The van der Waals surface area contributed by atoms with Gasteiger partial charge in [0.2, 0.25) is 0 Å². The Labute approximate surface area is 104 Å². The summed E-state index contributed by atoms with van der Waals surface area (Å²) in [6, 6.07) is 10.4. The summed E-state index contributed by atoms with van der Waals surface area (Å²) < 4.78 is 5.35. The Hall–Kier alpha value is -0.900. The third-order valence-electron chi connectivity index (χ3n) is 2.58. The van der Waals surface area contributed by atoms with Crippen LogP contribution in [0.5, 0.6) is 0 Å². The summed E-state index contributed by atoms with van der Waals surface area (Å²) in [5, 5.41) is 13.0. The van der Waals surface area contributed by atoms with Gasteiger partial charge in [-0.1, -0.05) is 30.3 Å². The van der Waals surface area contributed by atoms with Crippen molar-refractivity contribution in [2.75, 3.05) is 13.2 Å². The molecule has 0 saturated carbocycles. The normalized spacial score (nSPS) is 14.9. The number of rotatable bonds is 7. The molecule has 0 aliphatic rings. The lowest BCUT2D eigenvalue weighted by molar-refractivity contribution is 0.00560. The Morgan fingerprint density at radius 3 is 2.41 bits per heavy atom. The van der Waals surface area contributed by atoms with Gasteiger partial charge in [-0.25, -0.2) is 0 Å². The van der Waals surface area contributed by atoms with E-state index in [4.69, 9.17) is 4.74 Å². The van der Waals surface area contributed by atoms with Gasteiger partial charge in [0.05, 0.1) is 18.8 Å². The number of aliphatic hydroxyl groups excluding tert-OH is 1. The molecule has 0 aliphatic heterocycles. The van der Waals surface area contributed by atoms with Gasteiger partial charge in [-0.05, 0) is 26.3 Å². The van der Waals surface area contributed by atoms with Crippen molar-refractivity contribution >= 4 is 0 Å². The van der Waals surface area contributed by atoms with Crippen molar-refractivity contribution in [3.63, 3.8) is 0 Å². The third kappa shape index (κ3) is 5.82. The molecule has 96 valence electrons. The van der Waals surface area contributed by atoms with Crippen molar-refractivity contribution in [1.29, 1.82) is 0 Å². The summed E-state index contributed by atoms with van der Waals surface area (Å²) in [6.07, 6.45) is -0.292. The van der Waals surface area contributed by atoms with Crippen molar-refractivity contribution in [3.05, 3.63) is 35.9 Å². The zero-order chi connectivity index (χ0) is 12.7. The maximum Gasteiger partial charge on any atom is 0.0898 e. The van der Waals surface area contributed by atoms with E-state index in [2.05, 4.69) is 24.4 Å². The lowest BCUT2D eigenvalue weighted by atomic mass is 10.1. The molecule has 0 amide bonds. The van der Waals surface area contributed by atoms with Crippen LogP contribution in [0, 0.1) is 0 Å². The molecule has 17 heavy (non-hydrogen) atoms. The maximum atomic E-state index is 9.71. The molecule has 2 atom stereocenters. The van der Waals surface area contributed by atoms with Crippen molar-refractivity contribution in [3.8, 4) is 0 Å². The Morgan fingerprint density at radius 1 is 1.18 bits per heavy atom. The minimum Gasteiger partial charge on any atom is -0.389 e. The van der Waals surface area contributed by atoms with Gasteiger partial charge >= 0.3 is 0 Å². The fraction of sp³-hybridized carbons (Fsp3) is 0.571. The number of hydrogen-bond acceptors (Lipinski definition) is 3. The molecule has 1 aromatic carbocycles. The standard InChI is InChI=1S/C14H23NO2/c1-11(2)17-10-14(16)9-15-12(3)13-7-5-4-6-8-13/h4-8,11-12,14-16H,9-10H2,1-3H3/t12-,14?/m1/s1. The molecule has 3 nitrogen and oxygen atoms in total. The smallest absolute Gasteiger partial charge is 0.0898 e. The van der Waals surface area contributed by atoms with E-state index in [0.29, 0.717) is 13.2 Å². The average Bonchev–Trinajstić information content (AvgIpc) is 2.34. The predicted octanol–water partition coefficient (Wildman–Crippen LogP) is 2.12. The fourth-order valence-corrected chi connectivity index (χ4v) is 1.53. The molecule has 1 unspecified atom stereocenters. The second-order valence-corrected chi connectivity index (χ2v) is 4.58. The molecule has 0 bridgehead atoms. The van der Waals surface area contributed by atoms with Gasteiger partial charge < -0.3 is 15.2 Å². The van der Waals surface area contributed by atoms with Gasteiger partial charge in [0.1, 0.15) is 0 Å². The number of ether oxygens (including phenoxy) is 1. The van der Waals surface area contributed by atoms with Crippen LogP contribution in [0.3, 0.4) is 0 Å². The number of aliphatic hydroxyl groups is 1. The number of benzene rings is 1. The number of nitrogens with one attached hydrogen (secondary N) is 1. The molecule has 0 aromatic heterocycles. The van der Waals surface area contributed by atoms with Crippen LogP contribution < -0.4 is 5.32 Å². The summed E-state index contributed by atoms with van der Waals surface area (Å²) in [5.41, 5.74) is 1.23. The minimum absolute atomic E-state index is 0.163. The largest absolute Gasteiger partial charge is 0.389 e. The lowest BCUT2D eigenvalue weighted by Gasteiger charge is -2.18. The third-order valence-corrected chi connectivity index (χ3v) is 2.58. The first-order chi connectivity index (χ1) is 8.09. The molecule has 0 saturated heterocycles. The highest BCUT2D eigenvalue weighted by Crippen LogP contribution is 2.10. The topological polar surface area (TPSA) is 41.5 Å². The van der Waals surface area contributed by atoms with Gasteiger partial charge in [0.25, 0.3) is 0 Å². The molecule has 1 aromatic rings. The van der Waals surface area contributed by atoms with E-state index in [1.165, 1.54) is 5.56 Å². The maximum absolute atomic E-state index is 9.71. The van der Waals surface area contributed by atoms with Gasteiger partial charge in [0, 0.05) is 12.6 Å². The first-order valence-corrected chi connectivity index (χ1v) is 6.17. The van der Waals surface area contributed by atoms with Crippen molar-refractivity contribution in [2.24, 2.45) is 0 Å². The van der Waals surface area contributed by atoms with Crippen LogP contribution in [-0.4, -0.2) is 30.5 Å². The minimum atomic E-state index is -0.455. The summed E-state index contributed by atoms with van der Waals surface area (Å²) in [7, 11) is 0. The Bertz CT molecular complexity index is 300. The fourth-order valence-electron chi connectivity index (χ4n) is 1.53. The zero-order valence-corrected chi connectivity index (χ0v) is 10.9. The Balaban J connectivity index is 2.26. The molecule has 0 spiro atoms. The highest BCUT2D eigenvalue weighted by atomic mass is 16.5. The van der Waals surface area contributed by atoms with Gasteiger partial charge in [-0.15, -0.1) is 0 Å². The monoisotopic (exact) mass is 237 g/mol. The predicted molar refractivity (Wildman–Crippen MR) is 70.0 cm³/mol. The van der Waals surface area contributed by atoms with Gasteiger partial charge in [0.15, 0.2) is 0 Å². The van der Waals surface area contributed by atoms with E-state index in [9.17, 15) is 5.11 Å². The summed E-state index contributed by atoms with van der Waals surface area (Å²) >= 11 is 0. The van der Waals surface area contributed by atoms with Crippen LogP contribution in [-0.2, 0) is 4.74 Å². The number of hydrogen-bond donors (Lipinski definition) is 2. The molecule has 3 heteroatoms. The molecule has 2 N–H and O–H groups in total. The van der Waals surface area contributed by atoms with Crippen LogP contribution in [0.15, 0.2) is 30.3 Å². The van der Waals surface area contributed by atoms with Crippen LogP contribution in [0.1, 0.15) is 32.4 Å². The van der Waals surface area contributed by atoms with E-state index < -0.39 is 6.10 Å². The zero-order valence-electron chi connectivity index (χ0n) is 10.9. The van der Waals surface area contributed by atoms with E-state index in [1.807, 2.05) is 32.0 Å². The van der Waals surface area contributed by atoms with Crippen LogP contribution in [0.4, 0.5) is 0 Å². The van der Waals surface area contributed by atoms with E-state index >= 15 is 0 Å². The molecule has 0 radical (unpaired) electrons. The van der Waals surface area contributed by atoms with E-state index in [1.54, 1.807) is 0 Å². The quantitative estimate of drug-likeness (QED) is 0.763. The molecule has 1 rings (SSSR count). The highest BCUT2D eigenvalue weighted by molar-refractivity contribution is 5.17. The van der Waals surface area contributed by atoms with E-state index in [0.717, 1.165) is 0 Å². The molecular weight excluding hydrogens is 214 g/mol. The first kappa shape index (κ1) is 14.2. The van der Waals surface area contributed by atoms with Crippen molar-refractivity contribution in [2.45, 2.75) is 39.0 Å². The van der Waals surface area contributed by atoms with E-state index in [-0.39, 0.29) is 12.1 Å². The van der Waals surface area contributed by atoms with Crippen LogP contribution in [0.25, 0.3) is 0 Å². The molecule has 0 heterocycles. The highest BCUT2D eigenvalue weighted by Gasteiger charge is 2.09. The van der Waals surface area contributed by atoms with Crippen LogP contribution >= 0.6 is 0 Å². The summed E-state index contributed by atoms with van der Waals surface area (Å²) in [4.78, 5) is 0. The second-order valence-electron chi connectivity index (χ2n) is 4.58. The lowest BCUT2D eigenvalue weighted by Crippen LogP contribution is -2.32. The molecule has 0 fully saturated rings. The van der Waals surface area contributed by atoms with Gasteiger partial charge in [-0.3, -0.25) is 0 Å². The summed E-state index contributed by atoms with van der Waals surface area (Å²) in [6.45, 7) is 6.94. The Kier molecular flexibility index (Phi) is 6.19. The first-order valence-electron chi connectivity index (χ1n) is 6.17. The van der Waals surface area contributed by atoms with Gasteiger partial charge in [-0.2, -0.15) is 0 Å². The Morgan fingerprint density at radius 2 is 1.82 bits per heavy atom.